The van der Waals surface area contributed by atoms with Gasteiger partial charge in [0.05, 0.1) is 12.0 Å². The molecule has 0 unspecified atom stereocenters. The van der Waals surface area contributed by atoms with Crippen molar-refractivity contribution in [2.75, 3.05) is 6.54 Å². The molecule has 0 spiro atoms. The molecular formula is C21H25N3O3. The summed E-state index contributed by atoms with van der Waals surface area (Å²) in [7, 11) is 0. The Morgan fingerprint density at radius 3 is 2.56 bits per heavy atom. The number of ketones is 1. The third-order valence-corrected chi connectivity index (χ3v) is 5.02. The van der Waals surface area contributed by atoms with Gasteiger partial charge in [-0.1, -0.05) is 43.2 Å². The summed E-state index contributed by atoms with van der Waals surface area (Å²) in [4.78, 5) is 40.5. The fraction of sp³-hybridized carbons (Fsp3) is 0.429. The molecule has 2 aromatic rings. The molecule has 6 heteroatoms. The van der Waals surface area contributed by atoms with Gasteiger partial charge in [-0.2, -0.15) is 0 Å². The van der Waals surface area contributed by atoms with E-state index >= 15 is 0 Å². The Morgan fingerprint density at radius 1 is 1.11 bits per heavy atom. The van der Waals surface area contributed by atoms with Gasteiger partial charge < -0.3 is 5.32 Å². The minimum Gasteiger partial charge on any atom is -0.354 e. The second kappa shape index (κ2) is 9.26. The van der Waals surface area contributed by atoms with E-state index in [0.29, 0.717) is 24.6 Å². The van der Waals surface area contributed by atoms with Crippen LogP contribution in [0, 0.1) is 0 Å². The second-order valence-corrected chi connectivity index (χ2v) is 6.97. The van der Waals surface area contributed by atoms with E-state index in [4.69, 9.17) is 0 Å². The van der Waals surface area contributed by atoms with Gasteiger partial charge in [0, 0.05) is 43.5 Å². The fourth-order valence-corrected chi connectivity index (χ4v) is 3.45. The third-order valence-electron chi connectivity index (χ3n) is 5.02. The quantitative estimate of drug-likeness (QED) is 0.728. The molecule has 1 fully saturated rings. The number of Topliss-reactive ketones (excluding diaryl/α,β-unsaturated/α-hetero) is 1. The van der Waals surface area contributed by atoms with Gasteiger partial charge in [-0.05, 0) is 12.8 Å². The van der Waals surface area contributed by atoms with Crippen LogP contribution in [0.1, 0.15) is 60.5 Å². The maximum Gasteiger partial charge on any atom is 0.253 e. The van der Waals surface area contributed by atoms with E-state index in [1.165, 1.54) is 17.4 Å². The van der Waals surface area contributed by atoms with E-state index < -0.39 is 0 Å². The van der Waals surface area contributed by atoms with Gasteiger partial charge in [-0.3, -0.25) is 19.0 Å². The van der Waals surface area contributed by atoms with Crippen molar-refractivity contribution in [3.05, 3.63) is 64.3 Å². The third kappa shape index (κ3) is 5.36. The molecule has 0 bridgehead atoms. The fourth-order valence-electron chi connectivity index (χ4n) is 3.45. The van der Waals surface area contributed by atoms with E-state index in [-0.39, 0.29) is 30.1 Å². The lowest BCUT2D eigenvalue weighted by Crippen LogP contribution is -2.31. The van der Waals surface area contributed by atoms with Crippen molar-refractivity contribution in [2.24, 2.45) is 0 Å². The first-order valence-electron chi connectivity index (χ1n) is 9.55. The van der Waals surface area contributed by atoms with Crippen LogP contribution in [0.25, 0.3) is 0 Å². The number of hydrogen-bond acceptors (Lipinski definition) is 4. The van der Waals surface area contributed by atoms with E-state index in [9.17, 15) is 14.4 Å². The normalized spacial score (nSPS) is 14.2. The first kappa shape index (κ1) is 19.0. The number of aromatic nitrogens is 2. The minimum atomic E-state index is -0.192. The van der Waals surface area contributed by atoms with Crippen LogP contribution in [-0.2, 0) is 11.3 Å². The van der Waals surface area contributed by atoms with Gasteiger partial charge in [0.1, 0.15) is 0 Å². The molecule has 1 heterocycles. The molecule has 0 atom stereocenters. The van der Waals surface area contributed by atoms with E-state index in [2.05, 4.69) is 10.3 Å². The standard InChI is InChI=1S/C21H25N3O3/c25-19(17-8-2-1-3-9-17)10-11-20(26)22-12-13-24-15-23-18(14-21(24)27)16-6-4-5-7-16/h1-3,8-9,14-16H,4-7,10-13H2,(H,22,26). The number of hydrogen-bond donors (Lipinski definition) is 1. The molecule has 142 valence electrons. The topological polar surface area (TPSA) is 81.1 Å². The SMILES string of the molecule is O=C(CCC(=O)c1ccccc1)NCCn1cnc(C2CCCC2)cc1=O. The Bertz CT molecular complexity index is 839. The first-order valence-corrected chi connectivity index (χ1v) is 9.55. The lowest BCUT2D eigenvalue weighted by Gasteiger charge is -2.11. The van der Waals surface area contributed by atoms with Gasteiger partial charge in [0.2, 0.25) is 5.91 Å². The molecule has 1 aromatic heterocycles. The molecule has 1 aliphatic rings. The molecule has 1 amide bonds. The predicted octanol–water partition coefficient (Wildman–Crippen LogP) is 2.68. The zero-order valence-electron chi connectivity index (χ0n) is 15.4. The highest BCUT2D eigenvalue weighted by Gasteiger charge is 2.18. The van der Waals surface area contributed by atoms with Crippen LogP contribution in [0.3, 0.4) is 0 Å². The highest BCUT2D eigenvalue weighted by Crippen LogP contribution is 2.32. The maximum absolute atomic E-state index is 12.2. The molecular weight excluding hydrogens is 342 g/mol. The summed E-state index contributed by atoms with van der Waals surface area (Å²) in [6, 6.07) is 10.6. The highest BCUT2D eigenvalue weighted by molar-refractivity contribution is 5.97. The van der Waals surface area contributed by atoms with Crippen molar-refractivity contribution in [1.29, 1.82) is 0 Å². The number of benzene rings is 1. The summed E-state index contributed by atoms with van der Waals surface area (Å²) in [6.07, 6.45) is 6.50. The zero-order valence-corrected chi connectivity index (χ0v) is 15.4. The largest absolute Gasteiger partial charge is 0.354 e. The average Bonchev–Trinajstić information content (AvgIpc) is 3.23. The van der Waals surface area contributed by atoms with Crippen LogP contribution in [0.5, 0.6) is 0 Å². The van der Waals surface area contributed by atoms with E-state index in [1.807, 2.05) is 6.07 Å². The Morgan fingerprint density at radius 2 is 1.85 bits per heavy atom. The Hall–Kier alpha value is -2.76. The Kier molecular flexibility index (Phi) is 6.52. The number of nitrogens with zero attached hydrogens (tertiary/aromatic N) is 2. The van der Waals surface area contributed by atoms with Crippen LogP contribution in [0.15, 0.2) is 47.5 Å². The van der Waals surface area contributed by atoms with Crippen molar-refractivity contribution in [3.63, 3.8) is 0 Å². The molecule has 1 aromatic carbocycles. The highest BCUT2D eigenvalue weighted by atomic mass is 16.2. The lowest BCUT2D eigenvalue weighted by atomic mass is 10.0. The minimum absolute atomic E-state index is 0.0475. The van der Waals surface area contributed by atoms with E-state index in [1.54, 1.807) is 36.7 Å². The second-order valence-electron chi connectivity index (χ2n) is 6.97. The smallest absolute Gasteiger partial charge is 0.253 e. The summed E-state index contributed by atoms with van der Waals surface area (Å²) in [6.45, 7) is 0.706. The predicted molar refractivity (Wildman–Crippen MR) is 103 cm³/mol. The van der Waals surface area contributed by atoms with Crippen LogP contribution < -0.4 is 10.9 Å². The summed E-state index contributed by atoms with van der Waals surface area (Å²) < 4.78 is 1.51. The van der Waals surface area contributed by atoms with Gasteiger partial charge in [0.15, 0.2) is 5.78 Å². The molecule has 3 rings (SSSR count). The van der Waals surface area contributed by atoms with Gasteiger partial charge in [0.25, 0.3) is 5.56 Å². The van der Waals surface area contributed by atoms with Gasteiger partial charge in [-0.15, -0.1) is 0 Å². The maximum atomic E-state index is 12.2. The zero-order chi connectivity index (χ0) is 19.1. The first-order chi connectivity index (χ1) is 13.1. The van der Waals surface area contributed by atoms with Gasteiger partial charge in [-0.25, -0.2) is 4.98 Å². The van der Waals surface area contributed by atoms with Crippen LogP contribution >= 0.6 is 0 Å². The Labute approximate surface area is 158 Å². The van der Waals surface area contributed by atoms with Crippen LogP contribution in [0.2, 0.25) is 0 Å². The lowest BCUT2D eigenvalue weighted by molar-refractivity contribution is -0.121. The molecule has 27 heavy (non-hydrogen) atoms. The average molecular weight is 367 g/mol. The summed E-state index contributed by atoms with van der Waals surface area (Å²) >= 11 is 0. The number of carbonyl (C=O) groups is 2. The van der Waals surface area contributed by atoms with E-state index in [0.717, 1.165) is 18.5 Å². The van der Waals surface area contributed by atoms with Crippen molar-refractivity contribution in [1.82, 2.24) is 14.9 Å². The molecule has 6 nitrogen and oxygen atoms in total. The molecule has 0 aliphatic heterocycles. The number of nitrogens with one attached hydrogen (secondary N) is 1. The van der Waals surface area contributed by atoms with Crippen molar-refractivity contribution < 1.29 is 9.59 Å². The number of rotatable bonds is 8. The van der Waals surface area contributed by atoms with Crippen LogP contribution in [-0.4, -0.2) is 27.8 Å². The number of carbonyl (C=O) groups excluding carboxylic acids is 2. The summed E-state index contributed by atoms with van der Waals surface area (Å²) in [5, 5.41) is 2.76. The van der Waals surface area contributed by atoms with Crippen molar-refractivity contribution >= 4 is 11.7 Å². The molecule has 0 radical (unpaired) electrons. The molecule has 1 saturated carbocycles. The Balaban J connectivity index is 1.42. The van der Waals surface area contributed by atoms with Crippen LogP contribution in [0.4, 0.5) is 0 Å². The number of amides is 1. The summed E-state index contributed by atoms with van der Waals surface area (Å²) in [5.41, 5.74) is 1.42. The monoisotopic (exact) mass is 367 g/mol. The molecule has 0 saturated heterocycles. The van der Waals surface area contributed by atoms with Crippen molar-refractivity contribution in [3.8, 4) is 0 Å². The molecule has 1 N–H and O–H groups in total. The van der Waals surface area contributed by atoms with Crippen molar-refractivity contribution in [2.45, 2.75) is 51.0 Å². The molecule has 1 aliphatic carbocycles. The van der Waals surface area contributed by atoms with Gasteiger partial charge >= 0.3 is 0 Å². The summed E-state index contributed by atoms with van der Waals surface area (Å²) in [5.74, 6) is 0.172.